The molecule has 0 atom stereocenters. The van der Waals surface area contributed by atoms with E-state index in [0.717, 1.165) is 0 Å². The molecule has 0 aromatic carbocycles. The van der Waals surface area contributed by atoms with Crippen LogP contribution in [0.15, 0.2) is 12.2 Å². The van der Waals surface area contributed by atoms with Gasteiger partial charge in [-0.2, -0.15) is 0 Å². The van der Waals surface area contributed by atoms with Crippen molar-refractivity contribution in [3.8, 4) is 0 Å². The van der Waals surface area contributed by atoms with Crippen LogP contribution >= 0.6 is 0 Å². The summed E-state index contributed by atoms with van der Waals surface area (Å²) in [6.45, 7) is 6.73. The zero-order valence-corrected chi connectivity index (χ0v) is 10.3. The average Bonchev–Trinajstić information content (AvgIpc) is 2.57. The smallest absolute Gasteiger partial charge is 0.430 e. The summed E-state index contributed by atoms with van der Waals surface area (Å²) in [7, 11) is -0.364. The monoisotopic (exact) mass is 214 g/mol. The Balaban J connectivity index is 0.000000322. The molecule has 0 saturated carbocycles. The Morgan fingerprint density at radius 2 is 1.60 bits per heavy atom. The molecule has 0 saturated heterocycles. The normalized spacial score (nSPS) is 15.9. The Morgan fingerprint density at radius 3 is 1.73 bits per heavy atom. The van der Waals surface area contributed by atoms with Gasteiger partial charge in [-0.1, -0.05) is 12.2 Å². The summed E-state index contributed by atoms with van der Waals surface area (Å²) in [5, 5.41) is 17.9. The summed E-state index contributed by atoms with van der Waals surface area (Å²) in [6.07, 6.45) is 8.50. The zero-order chi connectivity index (χ0) is 11.9. The summed E-state index contributed by atoms with van der Waals surface area (Å²) in [6, 6.07) is 0. The van der Waals surface area contributed by atoms with Crippen LogP contribution in [-0.2, 0) is 4.65 Å². The Hall–Kier alpha value is -0.315. The SMILES string of the molecule is C1=CCCC1.CC(C)(O)C(C)(C)OBO. The molecule has 0 aromatic rings. The zero-order valence-electron chi connectivity index (χ0n) is 10.3. The molecule has 4 heteroatoms. The maximum Gasteiger partial charge on any atom is 0.435 e. The van der Waals surface area contributed by atoms with Crippen molar-refractivity contribution in [3.05, 3.63) is 12.2 Å². The number of allylic oxidation sites excluding steroid dienone is 2. The van der Waals surface area contributed by atoms with Gasteiger partial charge in [0.25, 0.3) is 0 Å². The first-order valence-electron chi connectivity index (χ1n) is 5.43. The summed E-state index contributed by atoms with van der Waals surface area (Å²) >= 11 is 0. The van der Waals surface area contributed by atoms with Crippen molar-refractivity contribution < 1.29 is 14.8 Å². The first-order chi connectivity index (χ1) is 6.81. The second-order valence-electron chi connectivity index (χ2n) is 4.75. The molecule has 0 aliphatic heterocycles. The lowest BCUT2D eigenvalue weighted by molar-refractivity contribution is -0.0956. The summed E-state index contributed by atoms with van der Waals surface area (Å²) < 4.78 is 4.90. The van der Waals surface area contributed by atoms with Crippen molar-refractivity contribution in [2.45, 2.75) is 58.2 Å². The molecule has 0 radical (unpaired) electrons. The van der Waals surface area contributed by atoms with Crippen molar-refractivity contribution in [3.63, 3.8) is 0 Å². The highest BCUT2D eigenvalue weighted by molar-refractivity contribution is 6.16. The second kappa shape index (κ2) is 6.31. The molecular formula is C11H23BO3. The van der Waals surface area contributed by atoms with Gasteiger partial charge in [0.1, 0.15) is 0 Å². The number of hydrogen-bond acceptors (Lipinski definition) is 3. The Labute approximate surface area is 93.5 Å². The number of aliphatic hydroxyl groups is 1. The fourth-order valence-corrected chi connectivity index (χ4v) is 0.927. The van der Waals surface area contributed by atoms with Crippen LogP contribution in [0.25, 0.3) is 0 Å². The van der Waals surface area contributed by atoms with E-state index in [1.807, 2.05) is 0 Å². The molecule has 3 nitrogen and oxygen atoms in total. The van der Waals surface area contributed by atoms with Gasteiger partial charge >= 0.3 is 7.69 Å². The predicted octanol–water partition coefficient (Wildman–Crippen LogP) is 1.54. The summed E-state index contributed by atoms with van der Waals surface area (Å²) in [5.74, 6) is 0. The van der Waals surface area contributed by atoms with E-state index in [1.54, 1.807) is 27.7 Å². The Bertz CT molecular complexity index is 188. The van der Waals surface area contributed by atoms with E-state index in [1.165, 1.54) is 19.3 Å². The third-order valence-electron chi connectivity index (χ3n) is 2.81. The first kappa shape index (κ1) is 14.7. The van der Waals surface area contributed by atoms with Gasteiger partial charge in [0.2, 0.25) is 0 Å². The van der Waals surface area contributed by atoms with E-state index in [0.29, 0.717) is 0 Å². The van der Waals surface area contributed by atoms with Gasteiger partial charge in [0, 0.05) is 0 Å². The second-order valence-corrected chi connectivity index (χ2v) is 4.75. The van der Waals surface area contributed by atoms with Crippen molar-refractivity contribution in [2.75, 3.05) is 0 Å². The van der Waals surface area contributed by atoms with E-state index in [2.05, 4.69) is 12.2 Å². The Morgan fingerprint density at radius 1 is 1.13 bits per heavy atom. The van der Waals surface area contributed by atoms with Gasteiger partial charge in [-0.15, -0.1) is 0 Å². The van der Waals surface area contributed by atoms with Crippen LogP contribution < -0.4 is 0 Å². The maximum atomic E-state index is 9.44. The summed E-state index contributed by atoms with van der Waals surface area (Å²) in [4.78, 5) is 0. The van der Waals surface area contributed by atoms with Crippen LogP contribution in [0.4, 0.5) is 0 Å². The Kier molecular flexibility index (Phi) is 6.17. The lowest BCUT2D eigenvalue weighted by atomic mass is 9.89. The third kappa shape index (κ3) is 5.97. The first-order valence-corrected chi connectivity index (χ1v) is 5.43. The van der Waals surface area contributed by atoms with Gasteiger partial charge < -0.3 is 14.8 Å². The maximum absolute atomic E-state index is 9.44. The summed E-state index contributed by atoms with van der Waals surface area (Å²) in [5.41, 5.74) is -1.64. The highest BCUT2D eigenvalue weighted by Crippen LogP contribution is 2.23. The highest BCUT2D eigenvalue weighted by atomic mass is 16.5. The van der Waals surface area contributed by atoms with Crippen molar-refractivity contribution >= 4 is 7.69 Å². The van der Waals surface area contributed by atoms with E-state index >= 15 is 0 Å². The molecule has 0 heterocycles. The van der Waals surface area contributed by atoms with Gasteiger partial charge in [-0.25, -0.2) is 0 Å². The minimum absolute atomic E-state index is 0.364. The molecule has 1 rings (SSSR count). The average molecular weight is 214 g/mol. The van der Waals surface area contributed by atoms with E-state index in [9.17, 15) is 5.11 Å². The molecule has 0 aromatic heterocycles. The molecule has 0 fully saturated rings. The van der Waals surface area contributed by atoms with Crippen LogP contribution in [0.1, 0.15) is 47.0 Å². The topological polar surface area (TPSA) is 49.7 Å². The minimum atomic E-state index is -0.935. The van der Waals surface area contributed by atoms with Crippen molar-refractivity contribution in [1.29, 1.82) is 0 Å². The van der Waals surface area contributed by atoms with Gasteiger partial charge in [-0.3, -0.25) is 0 Å². The van der Waals surface area contributed by atoms with Gasteiger partial charge in [-0.05, 0) is 47.0 Å². The standard InChI is InChI=1S/C6H15BO3.C5H8/c1-5(2,8)6(3,4)10-7-9;1-2-4-5-3-1/h7-9H,1-4H3;1-2H,3-5H2. The fourth-order valence-electron chi connectivity index (χ4n) is 0.927. The quantitative estimate of drug-likeness (QED) is 0.553. The predicted molar refractivity (Wildman–Crippen MR) is 63.8 cm³/mol. The highest BCUT2D eigenvalue weighted by Gasteiger charge is 2.35. The number of hydrogen-bond donors (Lipinski definition) is 2. The van der Waals surface area contributed by atoms with Gasteiger partial charge in [0.15, 0.2) is 0 Å². The molecule has 2 N–H and O–H groups in total. The van der Waals surface area contributed by atoms with Crippen LogP contribution in [0, 0.1) is 0 Å². The lowest BCUT2D eigenvalue weighted by Gasteiger charge is -2.36. The molecule has 88 valence electrons. The molecule has 1 aliphatic carbocycles. The molecule has 1 aliphatic rings. The van der Waals surface area contributed by atoms with E-state index in [-0.39, 0.29) is 7.69 Å². The molecule has 0 amide bonds. The van der Waals surface area contributed by atoms with Gasteiger partial charge in [0.05, 0.1) is 11.2 Å². The molecule has 15 heavy (non-hydrogen) atoms. The van der Waals surface area contributed by atoms with Crippen LogP contribution in [0.2, 0.25) is 0 Å². The largest absolute Gasteiger partial charge is 0.435 e. The van der Waals surface area contributed by atoms with Crippen LogP contribution in [0.5, 0.6) is 0 Å². The van der Waals surface area contributed by atoms with Crippen molar-refractivity contribution in [2.24, 2.45) is 0 Å². The molecule has 0 spiro atoms. The van der Waals surface area contributed by atoms with E-state index < -0.39 is 11.2 Å². The third-order valence-corrected chi connectivity index (χ3v) is 2.81. The van der Waals surface area contributed by atoms with Crippen LogP contribution in [-0.4, -0.2) is 29.0 Å². The molecular weight excluding hydrogens is 191 g/mol. The fraction of sp³-hybridized carbons (Fsp3) is 0.818. The lowest BCUT2D eigenvalue weighted by Crippen LogP contribution is -2.47. The number of rotatable bonds is 3. The van der Waals surface area contributed by atoms with E-state index in [4.69, 9.17) is 9.68 Å². The van der Waals surface area contributed by atoms with Crippen molar-refractivity contribution in [1.82, 2.24) is 0 Å². The minimum Gasteiger partial charge on any atom is -0.430 e. The van der Waals surface area contributed by atoms with Crippen LogP contribution in [0.3, 0.4) is 0 Å². The molecule has 0 unspecified atom stereocenters. The molecule has 0 bridgehead atoms.